The number of hydrogen-bond donors (Lipinski definition) is 3. The first-order valence-corrected chi connectivity index (χ1v) is 34.2. The third-order valence-electron chi connectivity index (χ3n) is 11.1. The fourth-order valence-corrected chi connectivity index (χ4v) is 6.78. The van der Waals surface area contributed by atoms with E-state index in [0.29, 0.717) is 58.2 Å². The van der Waals surface area contributed by atoms with Crippen LogP contribution >= 0.6 is 28.6 Å². The smallest absolute Gasteiger partial charge is 0.870 e. The van der Waals surface area contributed by atoms with Crippen LogP contribution < -0.4 is 39.4 Å². The van der Waals surface area contributed by atoms with Gasteiger partial charge in [0.1, 0.15) is 36.0 Å². The van der Waals surface area contributed by atoms with E-state index in [1.165, 1.54) is 0 Å². The molecule has 3 aliphatic rings. The molecule has 4 N–H and O–H groups in total. The molecule has 0 aromatic carbocycles. The van der Waals surface area contributed by atoms with Gasteiger partial charge in [0, 0.05) is 32.9 Å². The van der Waals surface area contributed by atoms with Gasteiger partial charge < -0.3 is 40.1 Å². The monoisotopic (exact) mass is 1190 g/mol. The van der Waals surface area contributed by atoms with E-state index in [1.807, 2.05) is 67.2 Å². The van der Waals surface area contributed by atoms with Gasteiger partial charge in [-0.1, -0.05) is 44.2 Å². The summed E-state index contributed by atoms with van der Waals surface area (Å²) in [6.07, 6.45) is 11.5. The average Bonchev–Trinajstić information content (AvgIpc) is 3.19. The minimum Gasteiger partial charge on any atom is -0.870 e. The van der Waals surface area contributed by atoms with Crippen molar-refractivity contribution in [1.29, 1.82) is 0 Å². The molecule has 0 spiro atoms. The number of carbonyl (C=O) groups excluding carboxylic acids is 3. The molecule has 3 saturated carbocycles. The van der Waals surface area contributed by atoms with E-state index >= 15 is 0 Å². The van der Waals surface area contributed by atoms with Gasteiger partial charge in [-0.05, 0) is 83.6 Å². The van der Waals surface area contributed by atoms with E-state index in [9.17, 15) is 29.4 Å². The molecule has 3 unspecified atom stereocenters. The Balaban J connectivity index is 0.000000832. The number of carbonyl (C=O) groups is 4. The predicted molar refractivity (Wildman–Crippen MR) is 231 cm³/mol. The number of pyridine rings is 2. The second kappa shape index (κ2) is 29.9. The van der Waals surface area contributed by atoms with Crippen LogP contribution in [0.25, 0.3) is 0 Å². The van der Waals surface area contributed by atoms with Crippen LogP contribution in [0.15, 0.2) is 48.8 Å². The van der Waals surface area contributed by atoms with Crippen molar-refractivity contribution in [1.82, 2.24) is 9.97 Å². The maximum absolute atomic E-state index is 12.2. The number of ketones is 1. The zero-order chi connectivity index (χ0) is 41.8. The summed E-state index contributed by atoms with van der Waals surface area (Å²) in [7, 11) is 3.80. The van der Waals surface area contributed by atoms with Crippen LogP contribution in [0, 0.1) is 41.7 Å². The quantitative estimate of drug-likeness (QED) is 0.127. The van der Waals surface area contributed by atoms with E-state index in [-0.39, 0.29) is 84.8 Å². The summed E-state index contributed by atoms with van der Waals surface area (Å²) in [6, 6.07) is 11.4. The van der Waals surface area contributed by atoms with Crippen LogP contribution in [-0.4, -0.2) is 107 Å². The van der Waals surface area contributed by atoms with E-state index in [4.69, 9.17) is 14.6 Å². The molecule has 0 saturated heterocycles. The number of aliphatic hydroxyl groups is 2. The fourth-order valence-electron chi connectivity index (χ4n) is 6.78. The van der Waals surface area contributed by atoms with Crippen LogP contribution in [0.5, 0.6) is 0 Å². The van der Waals surface area contributed by atoms with E-state index in [2.05, 4.69) is 38.5 Å². The van der Waals surface area contributed by atoms with Crippen molar-refractivity contribution >= 4 is 63.9 Å². The van der Waals surface area contributed by atoms with Gasteiger partial charge in [-0.2, -0.15) is 0 Å². The van der Waals surface area contributed by atoms with Crippen molar-refractivity contribution in [2.24, 2.45) is 16.2 Å². The zero-order valence-corrected chi connectivity index (χ0v) is 43.7. The number of hydrogen-bond acceptors (Lipinski definition) is 13. The standard InChI is InChI=1S/C16H24N2O3.C16H22N2O3.C8H14O3.2HI.Na.H2O.Sm/c2*1-16(9-5-3-7-13(16)19)15(20)21-12-11-18(2)14-8-4-6-10-17-14;1-8(7(10)11)5-3-2-4-6(8)9;;;;;/h4,6,8,10,13,19H,3,5,7,9,11-12H2,1-2H3;4,6,8,10H,3,5,7,9,11-12H2,1-2H3;6,9H,2-5H2,1H3,(H,10,11);2*1H;;1H2;/q;;;;;+1;;+2/p-3/t13-,16?;;6-,8?;;;;;/m1.1...../s1. The van der Waals surface area contributed by atoms with Gasteiger partial charge in [-0.25, -0.2) is 9.97 Å². The number of ether oxygens (including phenoxy) is 2. The molecular formula is C40H61I2N4NaO10Sm. The first-order valence-electron chi connectivity index (χ1n) is 19.2. The summed E-state index contributed by atoms with van der Waals surface area (Å²) in [5.41, 5.74) is -2.58. The molecule has 0 aliphatic heterocycles. The number of carboxylic acid groups (broad SMARTS) is 1. The topological polar surface area (TPSA) is 210 Å². The average molecular weight is 1190 g/mol. The molecule has 18 heteroatoms. The minimum absolute atomic E-state index is 0. The molecule has 2 aromatic rings. The number of anilines is 2. The van der Waals surface area contributed by atoms with Crippen molar-refractivity contribution in [3.63, 3.8) is 0 Å². The van der Waals surface area contributed by atoms with Crippen molar-refractivity contribution in [2.45, 2.75) is 110 Å². The second-order valence-corrected chi connectivity index (χ2v) is 34.6. The van der Waals surface area contributed by atoms with Crippen molar-refractivity contribution < 1.29 is 104 Å². The Bertz CT molecular complexity index is 1510. The van der Waals surface area contributed by atoms with E-state index in [1.54, 1.807) is 26.2 Å². The van der Waals surface area contributed by atoms with Crippen molar-refractivity contribution in [3.05, 3.63) is 48.8 Å². The van der Waals surface area contributed by atoms with Gasteiger partial charge in [0.05, 0.1) is 36.1 Å². The number of aromatic nitrogens is 2. The van der Waals surface area contributed by atoms with Crippen molar-refractivity contribution in [2.75, 3.05) is 50.2 Å². The summed E-state index contributed by atoms with van der Waals surface area (Å²) >= 11 is 5.07. The molecule has 0 bridgehead atoms. The zero-order valence-electron chi connectivity index (χ0n) is 34.8. The maximum atomic E-state index is 12.2. The number of likely N-dealkylation sites (N-methyl/N-ethyl adjacent to an activating group) is 2. The summed E-state index contributed by atoms with van der Waals surface area (Å²) in [5.74, 6) is 0.137. The molecular weight excluding hydrogens is 1120 g/mol. The SMILES string of the molecule is CC1(C(=O)O)CCCC[C@H]1O.CN(CCOC(=O)C1(C)CCCCC1=O)c1ccccn1.CN(CCOC(=O)C1(C)CCCC[C@H]1O)c1ccccn1.[I][Sm][I].[Na+].[OH-]. The third kappa shape index (κ3) is 18.2. The Labute approximate surface area is 398 Å². The number of Topliss-reactive ketones (excluding diaryl/α,β-unsaturated/α-hetero) is 1. The fraction of sp³-hybridized carbons (Fsp3) is 0.650. The molecule has 3 aliphatic carbocycles. The minimum atomic E-state index is -0.943. The Morgan fingerprint density at radius 1 is 0.759 bits per heavy atom. The van der Waals surface area contributed by atoms with Gasteiger partial charge in [-0.3, -0.25) is 19.2 Å². The summed E-state index contributed by atoms with van der Waals surface area (Å²) in [4.78, 5) is 59.4. The third-order valence-corrected chi connectivity index (χ3v) is 11.1. The maximum Gasteiger partial charge on any atom is 1.00 e. The summed E-state index contributed by atoms with van der Waals surface area (Å²) < 4.78 is 10.7. The van der Waals surface area contributed by atoms with Crippen LogP contribution in [-0.2, 0) is 28.7 Å². The Morgan fingerprint density at radius 3 is 1.57 bits per heavy atom. The van der Waals surface area contributed by atoms with Crippen molar-refractivity contribution in [3.8, 4) is 0 Å². The summed E-state index contributed by atoms with van der Waals surface area (Å²) in [6.45, 7) is 6.82. The van der Waals surface area contributed by atoms with Gasteiger partial charge in [0.25, 0.3) is 0 Å². The Morgan fingerprint density at radius 2 is 1.19 bits per heavy atom. The van der Waals surface area contributed by atoms with E-state index < -0.39 is 34.4 Å². The molecule has 322 valence electrons. The largest absolute Gasteiger partial charge is 1.00 e. The van der Waals surface area contributed by atoms with Crippen LogP contribution in [0.3, 0.4) is 0 Å². The van der Waals surface area contributed by atoms with Gasteiger partial charge in [0.2, 0.25) is 0 Å². The van der Waals surface area contributed by atoms with E-state index in [0.717, 1.165) is 50.2 Å². The van der Waals surface area contributed by atoms with Crippen LogP contribution in [0.4, 0.5) is 11.6 Å². The molecule has 2 heterocycles. The first kappa shape index (κ1) is 57.7. The van der Waals surface area contributed by atoms with Gasteiger partial charge >= 0.3 is 102 Å². The summed E-state index contributed by atoms with van der Waals surface area (Å²) in [5, 5.41) is 28.3. The number of carboxylic acids is 1. The molecule has 5 rings (SSSR count). The van der Waals surface area contributed by atoms with Crippen LogP contribution in [0.2, 0.25) is 0 Å². The first-order chi connectivity index (χ1) is 26.6. The van der Waals surface area contributed by atoms with Crippen LogP contribution in [0.1, 0.15) is 97.8 Å². The molecule has 0 amide bonds. The van der Waals surface area contributed by atoms with Gasteiger partial charge in [0.15, 0.2) is 0 Å². The molecule has 2 aromatic heterocycles. The number of nitrogens with zero attached hydrogens (tertiary/aromatic N) is 4. The molecule has 3 fully saturated rings. The number of aliphatic hydroxyl groups excluding tert-OH is 2. The number of halogens is 2. The Kier molecular flexibility index (Phi) is 29.7. The molecule has 0 radical (unpaired) electrons. The number of aliphatic carboxylic acids is 1. The molecule has 5 atom stereocenters. The predicted octanol–water partition coefficient (Wildman–Crippen LogP) is 3.82. The van der Waals surface area contributed by atoms with Gasteiger partial charge in [-0.15, -0.1) is 0 Å². The molecule has 58 heavy (non-hydrogen) atoms. The normalized spacial score (nSPS) is 24.7. The second-order valence-electron chi connectivity index (χ2n) is 15.2. The number of esters is 2. The Hall–Kier alpha value is -0.342. The molecule has 14 nitrogen and oxygen atoms in total. The number of rotatable bonds is 11.